The molecule has 0 aromatic carbocycles. The fraction of sp³-hybridized carbons (Fsp3) is 0.708. The van der Waals surface area contributed by atoms with Crippen LogP contribution in [0.5, 0.6) is 0 Å². The molecule has 5 rings (SSSR count). The Bertz CT molecular complexity index is 1000. The summed E-state index contributed by atoms with van der Waals surface area (Å²) in [5.74, 6) is -0.594. The lowest BCUT2D eigenvalue weighted by Crippen LogP contribution is -2.58. The number of fused-ring (bicyclic) bond motifs is 7. The third-order valence-corrected chi connectivity index (χ3v) is 9.78. The van der Waals surface area contributed by atoms with Gasteiger partial charge in [0.2, 0.25) is 0 Å². The number of rotatable bonds is 2. The van der Waals surface area contributed by atoms with Crippen molar-refractivity contribution in [1.82, 2.24) is 0 Å². The minimum absolute atomic E-state index is 0.0384. The summed E-state index contributed by atoms with van der Waals surface area (Å²) < 4.78 is 28.0. The second kappa shape index (κ2) is 5.84. The van der Waals surface area contributed by atoms with Gasteiger partial charge in [-0.15, -0.1) is 0 Å². The van der Waals surface area contributed by atoms with Crippen molar-refractivity contribution in [3.8, 4) is 0 Å². The third-order valence-electron chi connectivity index (χ3n) is 9.45. The first-order valence-electron chi connectivity index (χ1n) is 12.2. The van der Waals surface area contributed by atoms with Crippen LogP contribution in [0.25, 0.3) is 0 Å². The van der Waals surface area contributed by atoms with Crippen LogP contribution in [-0.2, 0) is 19.1 Å². The third kappa shape index (κ3) is 2.24. The van der Waals surface area contributed by atoms with Gasteiger partial charge in [-0.25, -0.2) is 0 Å². The van der Waals surface area contributed by atoms with Gasteiger partial charge >= 0.3 is 5.97 Å². The van der Waals surface area contributed by atoms with Gasteiger partial charge in [0.15, 0.2) is 17.2 Å². The fourth-order valence-electron chi connectivity index (χ4n) is 7.94. The smallest absolute Gasteiger partial charge is 0.303 e. The molecule has 0 radical (unpaired) electrons. The van der Waals surface area contributed by atoms with E-state index in [2.05, 4.69) is 13.0 Å². The first-order valence-corrected chi connectivity index (χ1v) is 11.0. The van der Waals surface area contributed by atoms with Gasteiger partial charge in [0, 0.05) is 32.7 Å². The number of ketones is 2. The molecule has 0 unspecified atom stereocenters. The molecule has 0 aliphatic heterocycles. The zero-order valence-electron chi connectivity index (χ0n) is 20.1. The Balaban J connectivity index is 1.56. The quantitative estimate of drug-likeness (QED) is 0.482. The van der Waals surface area contributed by atoms with Gasteiger partial charge in [-0.05, 0) is 74.3 Å². The normalized spacial score (nSPS) is 51.7. The van der Waals surface area contributed by atoms with Gasteiger partial charge in [0.1, 0.15) is 0 Å². The van der Waals surface area contributed by atoms with E-state index < -0.39 is 23.8 Å². The van der Waals surface area contributed by atoms with Crippen LogP contribution in [0.1, 0.15) is 63.8 Å². The van der Waals surface area contributed by atoms with E-state index in [0.717, 1.165) is 18.4 Å². The van der Waals surface area contributed by atoms with E-state index in [1.807, 2.05) is 6.92 Å². The molecule has 0 aromatic heterocycles. The van der Waals surface area contributed by atoms with Crippen molar-refractivity contribution in [3.05, 3.63) is 22.8 Å². The Labute approximate surface area is 181 Å². The first-order chi connectivity index (χ1) is 14.8. The van der Waals surface area contributed by atoms with E-state index >= 15 is 0 Å². The van der Waals surface area contributed by atoms with Crippen LogP contribution in [-0.4, -0.2) is 23.1 Å². The average molecular weight is 422 g/mol. The van der Waals surface area contributed by atoms with Crippen LogP contribution in [0.4, 0.5) is 0 Å². The molecule has 3 fully saturated rings. The molecule has 29 heavy (non-hydrogen) atoms. The average Bonchev–Trinajstić information content (AvgIpc) is 3.44. The summed E-state index contributed by atoms with van der Waals surface area (Å²) in [6, 6.07) is 0. The van der Waals surface area contributed by atoms with Crippen molar-refractivity contribution in [3.63, 3.8) is 0 Å². The van der Waals surface area contributed by atoms with Gasteiger partial charge < -0.3 is 4.74 Å². The topological polar surface area (TPSA) is 60.4 Å². The molecule has 0 heterocycles. The van der Waals surface area contributed by atoms with E-state index in [1.165, 1.54) is 6.92 Å². The molecule has 3 saturated carbocycles. The lowest BCUT2D eigenvalue weighted by Gasteiger charge is -2.57. The number of ether oxygens (including phenoxy) is 1. The number of allylic oxidation sites excluding steroid dienone is 4. The molecule has 5 heteroatoms. The molecule has 8 atom stereocenters. The highest BCUT2D eigenvalue weighted by molar-refractivity contribution is 6.32. The van der Waals surface area contributed by atoms with Gasteiger partial charge in [-0.2, -0.15) is 0 Å². The van der Waals surface area contributed by atoms with Crippen molar-refractivity contribution in [2.45, 2.75) is 65.3 Å². The van der Waals surface area contributed by atoms with Gasteiger partial charge in [-0.1, -0.05) is 31.5 Å². The summed E-state index contributed by atoms with van der Waals surface area (Å²) in [7, 11) is 0. The molecule has 0 saturated heterocycles. The molecule has 0 amide bonds. The molecule has 0 N–H and O–H groups in total. The Morgan fingerprint density at radius 3 is 2.62 bits per heavy atom. The molecular formula is C24H29ClO4. The predicted molar refractivity (Wildman–Crippen MR) is 109 cm³/mol. The molecule has 4 nitrogen and oxygen atoms in total. The van der Waals surface area contributed by atoms with Crippen LogP contribution < -0.4 is 0 Å². The lowest BCUT2D eigenvalue weighted by atomic mass is 9.47. The largest absolute Gasteiger partial charge is 0.451 e. The first kappa shape index (κ1) is 16.3. The minimum atomic E-state index is -2.91. The lowest BCUT2D eigenvalue weighted by molar-refractivity contribution is -0.185. The zero-order chi connectivity index (χ0) is 23.4. The van der Waals surface area contributed by atoms with Gasteiger partial charge in [0.05, 0.1) is 0 Å². The molecule has 156 valence electrons. The second-order valence-electron chi connectivity index (χ2n) is 10.3. The highest BCUT2D eigenvalue weighted by Gasteiger charge is 2.70. The molecular weight excluding hydrogens is 390 g/mol. The van der Waals surface area contributed by atoms with E-state index in [1.54, 1.807) is 6.08 Å². The highest BCUT2D eigenvalue weighted by Crippen LogP contribution is 2.72. The van der Waals surface area contributed by atoms with E-state index in [9.17, 15) is 14.4 Å². The summed E-state index contributed by atoms with van der Waals surface area (Å²) in [5, 5.41) is 0.622. The molecule has 0 aromatic rings. The number of carbonyl (C=O) groups is 3. The number of esters is 1. The molecule has 0 spiro atoms. The standard InChI is InChI=1S/C24H29ClO4/c1-12(26)24(29-13(2)27)8-6-16-14-10-20(25)19-11-21(28)15-9-18(15)23(19,4)17(14)5-7-22(16,24)3/h10-11,14-18H,5-9H2,1-4H3/t14-,15+,16-,17-,18-,22-,23-,24-/m0/s1/i2+1D3,13+1. The molecule has 0 bridgehead atoms. The summed E-state index contributed by atoms with van der Waals surface area (Å²) in [6.07, 6.45) is 7.16. The maximum atomic E-state index is 13.0. The molecule has 5 aliphatic rings. The predicted octanol–water partition coefficient (Wildman–Crippen LogP) is 4.61. The maximum absolute atomic E-state index is 13.0. The summed E-state index contributed by atoms with van der Waals surface area (Å²) in [6.45, 7) is 2.72. The highest BCUT2D eigenvalue weighted by atomic mass is 35.5. The number of carbonyl (C=O) groups excluding carboxylic acids is 3. The van der Waals surface area contributed by atoms with Crippen molar-refractivity contribution < 1.29 is 23.2 Å². The van der Waals surface area contributed by atoms with Crippen LogP contribution in [0, 0.1) is 40.4 Å². The van der Waals surface area contributed by atoms with Crippen LogP contribution >= 0.6 is 11.6 Å². The van der Waals surface area contributed by atoms with Crippen LogP contribution in [0.2, 0.25) is 0 Å². The van der Waals surface area contributed by atoms with Crippen molar-refractivity contribution >= 4 is 29.1 Å². The van der Waals surface area contributed by atoms with E-state index in [-0.39, 0.29) is 34.7 Å². The number of Topliss-reactive ketones (excluding diaryl/α,β-unsaturated/α-hetero) is 1. The van der Waals surface area contributed by atoms with Crippen molar-refractivity contribution in [2.24, 2.45) is 40.4 Å². The van der Waals surface area contributed by atoms with Gasteiger partial charge in [0.25, 0.3) is 0 Å². The van der Waals surface area contributed by atoms with Crippen LogP contribution in [0.15, 0.2) is 22.8 Å². The minimum Gasteiger partial charge on any atom is -0.451 e. The monoisotopic (exact) mass is 421 g/mol. The number of hydrogen-bond acceptors (Lipinski definition) is 4. The SMILES string of the molecule is [2H][13C]([2H])([2H])[13C](=O)O[C@]1(C(C)=O)CC[C@H]2[C@@H]3C=C(Cl)C4=CC(=O)[C@@H]5C[C@@H]5[C@]4(C)[C@H]3CC[C@@]21C. The second-order valence-corrected chi connectivity index (χ2v) is 10.7. The fourth-order valence-corrected chi connectivity index (χ4v) is 8.34. The van der Waals surface area contributed by atoms with E-state index in [4.69, 9.17) is 20.5 Å². The zero-order valence-corrected chi connectivity index (χ0v) is 17.8. The Kier molecular flexibility index (Phi) is 3.28. The Morgan fingerprint density at radius 2 is 1.93 bits per heavy atom. The van der Waals surface area contributed by atoms with Gasteiger partial charge in [-0.3, -0.25) is 14.4 Å². The Hall–Kier alpha value is -1.42. The summed E-state index contributed by atoms with van der Waals surface area (Å²) >= 11 is 6.78. The summed E-state index contributed by atoms with van der Waals surface area (Å²) in [4.78, 5) is 37.8. The maximum Gasteiger partial charge on any atom is 0.303 e. The molecule has 5 aliphatic carbocycles. The van der Waals surface area contributed by atoms with Crippen molar-refractivity contribution in [1.29, 1.82) is 0 Å². The summed E-state index contributed by atoms with van der Waals surface area (Å²) in [5.41, 5.74) is -1.32. The van der Waals surface area contributed by atoms with Crippen molar-refractivity contribution in [2.75, 3.05) is 0 Å². The van der Waals surface area contributed by atoms with Crippen LogP contribution in [0.3, 0.4) is 0 Å². The Morgan fingerprint density at radius 1 is 1.21 bits per heavy atom. The number of halogens is 1. The van der Waals surface area contributed by atoms with E-state index in [0.29, 0.717) is 36.1 Å². The number of hydrogen-bond donors (Lipinski definition) is 0.